The first kappa shape index (κ1) is 13.6. The van der Waals surface area contributed by atoms with Gasteiger partial charge in [-0.2, -0.15) is 0 Å². The number of imidazole rings is 1. The second-order valence-electron chi connectivity index (χ2n) is 5.35. The molecule has 2 aromatic rings. The SMILES string of the molecule is NNc1cn2ccnc2c(N2CCC(CC(N)=O)CC2)n1. The Kier molecular flexibility index (Phi) is 3.61. The van der Waals surface area contributed by atoms with Gasteiger partial charge in [0.1, 0.15) is 0 Å². The summed E-state index contributed by atoms with van der Waals surface area (Å²) in [4.78, 5) is 22.1. The molecule has 1 aliphatic rings. The molecular formula is C13H19N7O. The minimum atomic E-state index is -0.225. The van der Waals surface area contributed by atoms with Gasteiger partial charge in [-0.25, -0.2) is 15.8 Å². The van der Waals surface area contributed by atoms with Crippen molar-refractivity contribution in [3.8, 4) is 0 Å². The fourth-order valence-electron chi connectivity index (χ4n) is 2.83. The monoisotopic (exact) mass is 289 g/mol. The predicted octanol–water partition coefficient (Wildman–Crippen LogP) is 0.107. The smallest absolute Gasteiger partial charge is 0.217 e. The zero-order valence-corrected chi connectivity index (χ0v) is 11.7. The molecule has 8 nitrogen and oxygen atoms in total. The average Bonchev–Trinajstić information content (AvgIpc) is 2.94. The van der Waals surface area contributed by atoms with Crippen LogP contribution in [0.5, 0.6) is 0 Å². The van der Waals surface area contributed by atoms with E-state index in [0.717, 1.165) is 37.4 Å². The highest BCUT2D eigenvalue weighted by Crippen LogP contribution is 2.27. The van der Waals surface area contributed by atoms with Gasteiger partial charge in [-0.1, -0.05) is 0 Å². The number of hydrogen-bond donors (Lipinski definition) is 3. The molecule has 3 heterocycles. The van der Waals surface area contributed by atoms with Crippen LogP contribution < -0.4 is 21.9 Å². The number of hydrazine groups is 1. The van der Waals surface area contributed by atoms with Gasteiger partial charge in [0.2, 0.25) is 5.91 Å². The van der Waals surface area contributed by atoms with E-state index in [1.165, 1.54) is 0 Å². The van der Waals surface area contributed by atoms with Gasteiger partial charge in [-0.3, -0.25) is 4.79 Å². The van der Waals surface area contributed by atoms with Crippen LogP contribution in [0.1, 0.15) is 19.3 Å². The molecule has 1 aliphatic heterocycles. The summed E-state index contributed by atoms with van der Waals surface area (Å²) in [6.45, 7) is 1.67. The van der Waals surface area contributed by atoms with Crippen LogP contribution in [0.3, 0.4) is 0 Å². The maximum Gasteiger partial charge on any atom is 0.217 e. The number of rotatable bonds is 4. The highest BCUT2D eigenvalue weighted by Gasteiger charge is 2.23. The summed E-state index contributed by atoms with van der Waals surface area (Å²) < 4.78 is 1.90. The van der Waals surface area contributed by atoms with Crippen LogP contribution in [0.2, 0.25) is 0 Å². The summed E-state index contributed by atoms with van der Waals surface area (Å²) in [6, 6.07) is 0. The average molecular weight is 289 g/mol. The molecule has 0 atom stereocenters. The number of nitrogens with two attached hydrogens (primary N) is 2. The second kappa shape index (κ2) is 5.57. The van der Waals surface area contributed by atoms with Gasteiger partial charge in [0, 0.05) is 31.9 Å². The lowest BCUT2D eigenvalue weighted by Crippen LogP contribution is -2.36. The number of hydrogen-bond acceptors (Lipinski definition) is 6. The van der Waals surface area contributed by atoms with Gasteiger partial charge >= 0.3 is 0 Å². The number of nitrogen functional groups attached to an aromatic ring is 1. The Morgan fingerprint density at radius 1 is 1.43 bits per heavy atom. The van der Waals surface area contributed by atoms with Gasteiger partial charge in [0.15, 0.2) is 17.3 Å². The lowest BCUT2D eigenvalue weighted by atomic mass is 9.93. The Bertz CT molecular complexity index is 645. The van der Waals surface area contributed by atoms with Crippen molar-refractivity contribution in [2.75, 3.05) is 23.4 Å². The highest BCUT2D eigenvalue weighted by molar-refractivity contribution is 5.74. The van der Waals surface area contributed by atoms with Crippen LogP contribution in [0.25, 0.3) is 5.65 Å². The molecule has 1 fully saturated rings. The van der Waals surface area contributed by atoms with Crippen LogP contribution in [-0.4, -0.2) is 33.4 Å². The number of primary amides is 1. The maximum atomic E-state index is 11.0. The van der Waals surface area contributed by atoms with Gasteiger partial charge in [0.05, 0.1) is 6.20 Å². The number of nitrogens with zero attached hydrogens (tertiary/aromatic N) is 4. The Morgan fingerprint density at radius 2 is 2.19 bits per heavy atom. The van der Waals surface area contributed by atoms with Crippen LogP contribution in [0, 0.1) is 5.92 Å². The lowest BCUT2D eigenvalue weighted by molar-refractivity contribution is -0.119. The minimum absolute atomic E-state index is 0.225. The fraction of sp³-hybridized carbons (Fsp3) is 0.462. The molecule has 8 heteroatoms. The molecule has 0 unspecified atom stereocenters. The van der Waals surface area contributed by atoms with Crippen molar-refractivity contribution in [3.63, 3.8) is 0 Å². The topological polar surface area (TPSA) is 115 Å². The van der Waals surface area contributed by atoms with Gasteiger partial charge < -0.3 is 20.5 Å². The van der Waals surface area contributed by atoms with Crippen molar-refractivity contribution in [3.05, 3.63) is 18.6 Å². The zero-order chi connectivity index (χ0) is 14.8. The predicted molar refractivity (Wildman–Crippen MR) is 79.5 cm³/mol. The summed E-state index contributed by atoms with van der Waals surface area (Å²) >= 11 is 0. The van der Waals surface area contributed by atoms with E-state index in [-0.39, 0.29) is 5.91 Å². The Labute approximate surface area is 122 Å². The number of amides is 1. The molecule has 5 N–H and O–H groups in total. The zero-order valence-electron chi connectivity index (χ0n) is 11.7. The lowest BCUT2D eigenvalue weighted by Gasteiger charge is -2.32. The van der Waals surface area contributed by atoms with Crippen LogP contribution in [0.15, 0.2) is 18.6 Å². The molecule has 2 aromatic heterocycles. The van der Waals surface area contributed by atoms with Crippen molar-refractivity contribution >= 4 is 23.2 Å². The number of piperidine rings is 1. The van der Waals surface area contributed by atoms with E-state index in [0.29, 0.717) is 18.2 Å². The van der Waals surface area contributed by atoms with Gasteiger partial charge in [-0.05, 0) is 18.8 Å². The van der Waals surface area contributed by atoms with E-state index in [4.69, 9.17) is 11.6 Å². The number of fused-ring (bicyclic) bond motifs is 1. The standard InChI is InChI=1S/C13H19N7O/c14-10(21)7-9-1-4-19(5-2-9)13-12-16-3-6-20(12)8-11(17-13)18-15/h3,6,8-9,18H,1-2,4-5,7,15H2,(H2,14,21). The fourth-order valence-corrected chi connectivity index (χ4v) is 2.83. The molecule has 0 aromatic carbocycles. The van der Waals surface area contributed by atoms with E-state index in [1.807, 2.05) is 10.6 Å². The molecule has 0 spiro atoms. The number of nitrogens with one attached hydrogen (secondary N) is 1. The largest absolute Gasteiger partial charge is 0.370 e. The van der Waals surface area contributed by atoms with E-state index >= 15 is 0 Å². The second-order valence-corrected chi connectivity index (χ2v) is 5.35. The molecule has 1 amide bonds. The van der Waals surface area contributed by atoms with Crippen LogP contribution >= 0.6 is 0 Å². The van der Waals surface area contributed by atoms with Crippen molar-refractivity contribution in [1.82, 2.24) is 14.4 Å². The first-order valence-electron chi connectivity index (χ1n) is 7.01. The molecule has 0 radical (unpaired) electrons. The minimum Gasteiger partial charge on any atom is -0.370 e. The molecule has 0 bridgehead atoms. The number of carbonyl (C=O) groups excluding carboxylic acids is 1. The third kappa shape index (κ3) is 2.75. The van der Waals surface area contributed by atoms with Crippen LogP contribution in [0.4, 0.5) is 11.6 Å². The van der Waals surface area contributed by atoms with E-state index in [2.05, 4.69) is 20.3 Å². The number of carbonyl (C=O) groups is 1. The highest BCUT2D eigenvalue weighted by atomic mass is 16.1. The van der Waals surface area contributed by atoms with Crippen LogP contribution in [-0.2, 0) is 4.79 Å². The summed E-state index contributed by atoms with van der Waals surface area (Å²) in [5.41, 5.74) is 8.65. The normalized spacial score (nSPS) is 16.3. The quantitative estimate of drug-likeness (QED) is 0.543. The molecule has 0 aliphatic carbocycles. The number of anilines is 2. The Hall–Kier alpha value is -2.35. The third-order valence-corrected chi connectivity index (χ3v) is 3.91. The molecule has 112 valence electrons. The molecule has 21 heavy (non-hydrogen) atoms. The summed E-state index contributed by atoms with van der Waals surface area (Å²) in [5.74, 6) is 7.01. The number of aromatic nitrogens is 3. The maximum absolute atomic E-state index is 11.0. The molecule has 3 rings (SSSR count). The first-order chi connectivity index (χ1) is 10.2. The van der Waals surface area contributed by atoms with Gasteiger partial charge in [-0.15, -0.1) is 0 Å². The van der Waals surface area contributed by atoms with Gasteiger partial charge in [0.25, 0.3) is 0 Å². The van der Waals surface area contributed by atoms with Crippen molar-refractivity contribution in [1.29, 1.82) is 0 Å². The molecule has 0 saturated carbocycles. The van der Waals surface area contributed by atoms with E-state index < -0.39 is 0 Å². The van der Waals surface area contributed by atoms with Crippen molar-refractivity contribution in [2.45, 2.75) is 19.3 Å². The summed E-state index contributed by atoms with van der Waals surface area (Å²) in [5, 5.41) is 0. The molecular weight excluding hydrogens is 270 g/mol. The van der Waals surface area contributed by atoms with E-state index in [1.54, 1.807) is 12.4 Å². The Balaban J connectivity index is 1.81. The molecule has 1 saturated heterocycles. The first-order valence-corrected chi connectivity index (χ1v) is 7.01. The third-order valence-electron chi connectivity index (χ3n) is 3.91. The van der Waals surface area contributed by atoms with Crippen molar-refractivity contribution in [2.24, 2.45) is 17.5 Å². The van der Waals surface area contributed by atoms with E-state index in [9.17, 15) is 4.79 Å². The Morgan fingerprint density at radius 3 is 2.86 bits per heavy atom. The summed E-state index contributed by atoms with van der Waals surface area (Å²) in [6.07, 6.45) is 7.72. The van der Waals surface area contributed by atoms with Crippen molar-refractivity contribution < 1.29 is 4.79 Å². The summed E-state index contributed by atoms with van der Waals surface area (Å²) in [7, 11) is 0.